The summed E-state index contributed by atoms with van der Waals surface area (Å²) in [6, 6.07) is 15.8. The van der Waals surface area contributed by atoms with Crippen LogP contribution in [0.25, 0.3) is 11.5 Å². The van der Waals surface area contributed by atoms with Crippen LogP contribution in [0.3, 0.4) is 0 Å². The summed E-state index contributed by atoms with van der Waals surface area (Å²) in [6.07, 6.45) is 1.70. The van der Waals surface area contributed by atoms with Gasteiger partial charge in [-0.3, -0.25) is 4.79 Å². The number of aromatic nitrogens is 2. The molecule has 1 fully saturated rings. The Hall–Kier alpha value is -2.95. The molecule has 1 aliphatic heterocycles. The van der Waals surface area contributed by atoms with Crippen LogP contribution in [-0.4, -0.2) is 34.0 Å². The number of aryl methyl sites for hydroxylation is 2. The highest BCUT2D eigenvalue weighted by Gasteiger charge is 2.27. The van der Waals surface area contributed by atoms with Crippen LogP contribution in [-0.2, 0) is 0 Å². The van der Waals surface area contributed by atoms with Crippen molar-refractivity contribution in [3.05, 3.63) is 71.0 Å². The molecule has 3 aromatic rings. The number of amides is 1. The van der Waals surface area contributed by atoms with E-state index in [1.54, 1.807) is 0 Å². The van der Waals surface area contributed by atoms with E-state index in [0.29, 0.717) is 19.0 Å². The number of benzene rings is 2. The Morgan fingerprint density at radius 1 is 1.04 bits per heavy atom. The summed E-state index contributed by atoms with van der Waals surface area (Å²) in [4.78, 5) is 19.2. The summed E-state index contributed by atoms with van der Waals surface area (Å²) < 4.78 is 5.47. The van der Waals surface area contributed by atoms with Crippen molar-refractivity contribution in [3.8, 4) is 11.5 Å². The molecule has 4 rings (SSSR count). The average Bonchev–Trinajstić information content (AvgIpc) is 3.18. The molecule has 138 valence electrons. The van der Waals surface area contributed by atoms with E-state index in [4.69, 9.17) is 4.52 Å². The third-order valence-electron chi connectivity index (χ3n) is 5.12. The van der Waals surface area contributed by atoms with Crippen LogP contribution in [0.15, 0.2) is 53.1 Å². The number of nitrogens with zero attached hydrogens (tertiary/aromatic N) is 3. The highest BCUT2D eigenvalue weighted by molar-refractivity contribution is 5.94. The van der Waals surface area contributed by atoms with Crippen molar-refractivity contribution in [2.24, 2.45) is 0 Å². The molecule has 0 bridgehead atoms. The third kappa shape index (κ3) is 3.77. The summed E-state index contributed by atoms with van der Waals surface area (Å²) in [5.41, 5.74) is 3.97. The predicted molar refractivity (Wildman–Crippen MR) is 104 cm³/mol. The van der Waals surface area contributed by atoms with Gasteiger partial charge in [0.1, 0.15) is 0 Å². The second-order valence-corrected chi connectivity index (χ2v) is 7.26. The standard InChI is InChI=1S/C22H23N3O2/c1-15-5-3-7-18(13-15)21-23-20(24-27-21)17-9-11-25(12-10-17)22(26)19-8-4-6-16(2)14-19/h3-8,13-14,17H,9-12H2,1-2H3. The maximum absolute atomic E-state index is 12.7. The molecule has 0 unspecified atom stereocenters. The molecule has 0 spiro atoms. The number of hydrogen-bond donors (Lipinski definition) is 0. The van der Waals surface area contributed by atoms with Crippen molar-refractivity contribution in [1.82, 2.24) is 15.0 Å². The van der Waals surface area contributed by atoms with Crippen molar-refractivity contribution in [2.45, 2.75) is 32.6 Å². The zero-order chi connectivity index (χ0) is 18.8. The molecule has 1 aromatic heterocycles. The normalized spacial score (nSPS) is 15.1. The van der Waals surface area contributed by atoms with Gasteiger partial charge in [0.25, 0.3) is 11.8 Å². The average molecular weight is 361 g/mol. The van der Waals surface area contributed by atoms with E-state index >= 15 is 0 Å². The Morgan fingerprint density at radius 3 is 2.44 bits per heavy atom. The monoisotopic (exact) mass is 361 g/mol. The maximum Gasteiger partial charge on any atom is 0.257 e. The fraction of sp³-hybridized carbons (Fsp3) is 0.318. The van der Waals surface area contributed by atoms with Gasteiger partial charge in [0.2, 0.25) is 0 Å². The third-order valence-corrected chi connectivity index (χ3v) is 5.12. The minimum absolute atomic E-state index is 0.103. The van der Waals surface area contributed by atoms with E-state index in [9.17, 15) is 4.79 Å². The van der Waals surface area contributed by atoms with Gasteiger partial charge < -0.3 is 9.42 Å². The Kier molecular flexibility index (Phi) is 4.75. The Morgan fingerprint density at radius 2 is 1.74 bits per heavy atom. The molecule has 1 amide bonds. The number of carbonyl (C=O) groups excluding carboxylic acids is 1. The molecule has 5 nitrogen and oxygen atoms in total. The highest BCUT2D eigenvalue weighted by Crippen LogP contribution is 2.29. The molecule has 0 radical (unpaired) electrons. The maximum atomic E-state index is 12.7. The van der Waals surface area contributed by atoms with Gasteiger partial charge in [-0.15, -0.1) is 0 Å². The SMILES string of the molecule is Cc1cccc(C(=O)N2CCC(c3noc(-c4cccc(C)c4)n3)CC2)c1. The molecule has 0 aliphatic carbocycles. The summed E-state index contributed by atoms with van der Waals surface area (Å²) in [7, 11) is 0. The van der Waals surface area contributed by atoms with Crippen LogP contribution in [0.2, 0.25) is 0 Å². The first-order valence-electron chi connectivity index (χ1n) is 9.37. The van der Waals surface area contributed by atoms with E-state index in [0.717, 1.165) is 40.9 Å². The Labute approximate surface area is 159 Å². The number of hydrogen-bond acceptors (Lipinski definition) is 4. The molecule has 0 saturated carbocycles. The van der Waals surface area contributed by atoms with Crippen molar-refractivity contribution in [1.29, 1.82) is 0 Å². The van der Waals surface area contributed by atoms with Crippen molar-refractivity contribution in [2.75, 3.05) is 13.1 Å². The molecule has 5 heteroatoms. The first kappa shape index (κ1) is 17.5. The summed E-state index contributed by atoms with van der Waals surface area (Å²) in [6.45, 7) is 5.48. The van der Waals surface area contributed by atoms with Gasteiger partial charge in [-0.25, -0.2) is 0 Å². The minimum Gasteiger partial charge on any atom is -0.339 e. The second-order valence-electron chi connectivity index (χ2n) is 7.26. The predicted octanol–water partition coefficient (Wildman–Crippen LogP) is 4.37. The molecular formula is C22H23N3O2. The smallest absolute Gasteiger partial charge is 0.257 e. The van der Waals surface area contributed by atoms with Crippen LogP contribution >= 0.6 is 0 Å². The lowest BCUT2D eigenvalue weighted by molar-refractivity contribution is 0.0710. The number of carbonyl (C=O) groups is 1. The molecule has 0 atom stereocenters. The van der Waals surface area contributed by atoms with Crippen molar-refractivity contribution < 1.29 is 9.32 Å². The Balaban J connectivity index is 1.42. The van der Waals surface area contributed by atoms with Gasteiger partial charge in [-0.1, -0.05) is 40.5 Å². The lowest BCUT2D eigenvalue weighted by Crippen LogP contribution is -2.38. The molecule has 1 saturated heterocycles. The fourth-order valence-corrected chi connectivity index (χ4v) is 3.60. The van der Waals surface area contributed by atoms with Crippen molar-refractivity contribution in [3.63, 3.8) is 0 Å². The molecule has 1 aliphatic rings. The second kappa shape index (κ2) is 7.35. The highest BCUT2D eigenvalue weighted by atomic mass is 16.5. The molecule has 2 aromatic carbocycles. The zero-order valence-corrected chi connectivity index (χ0v) is 15.7. The summed E-state index contributed by atoms with van der Waals surface area (Å²) in [5.74, 6) is 1.64. The quantitative estimate of drug-likeness (QED) is 0.695. The topological polar surface area (TPSA) is 59.2 Å². The molecular weight excluding hydrogens is 338 g/mol. The first-order valence-corrected chi connectivity index (χ1v) is 9.37. The van der Waals surface area contributed by atoms with E-state index in [1.165, 1.54) is 0 Å². The lowest BCUT2D eigenvalue weighted by Gasteiger charge is -2.30. The van der Waals surface area contributed by atoms with E-state index in [-0.39, 0.29) is 11.8 Å². The van der Waals surface area contributed by atoms with Gasteiger partial charge >= 0.3 is 0 Å². The van der Waals surface area contributed by atoms with Gasteiger partial charge in [0.05, 0.1) is 0 Å². The molecule has 27 heavy (non-hydrogen) atoms. The Bertz CT molecular complexity index is 955. The van der Waals surface area contributed by atoms with Crippen LogP contribution in [0.5, 0.6) is 0 Å². The van der Waals surface area contributed by atoms with E-state index in [1.807, 2.05) is 67.3 Å². The van der Waals surface area contributed by atoms with Gasteiger partial charge in [0, 0.05) is 30.1 Å². The van der Waals surface area contributed by atoms with Gasteiger partial charge in [0.15, 0.2) is 5.82 Å². The van der Waals surface area contributed by atoms with Crippen LogP contribution in [0, 0.1) is 13.8 Å². The van der Waals surface area contributed by atoms with Gasteiger partial charge in [-0.05, 0) is 51.0 Å². The van der Waals surface area contributed by atoms with Crippen LogP contribution in [0.4, 0.5) is 0 Å². The number of likely N-dealkylation sites (tertiary alicyclic amines) is 1. The van der Waals surface area contributed by atoms with Crippen LogP contribution < -0.4 is 0 Å². The lowest BCUT2D eigenvalue weighted by atomic mass is 9.95. The van der Waals surface area contributed by atoms with Crippen LogP contribution in [0.1, 0.15) is 46.1 Å². The zero-order valence-electron chi connectivity index (χ0n) is 15.7. The molecule has 2 heterocycles. The summed E-state index contributed by atoms with van der Waals surface area (Å²) >= 11 is 0. The minimum atomic E-state index is 0.103. The largest absolute Gasteiger partial charge is 0.339 e. The van der Waals surface area contributed by atoms with E-state index in [2.05, 4.69) is 10.1 Å². The van der Waals surface area contributed by atoms with Crippen molar-refractivity contribution >= 4 is 5.91 Å². The first-order chi connectivity index (χ1) is 13.1. The number of piperidine rings is 1. The fourth-order valence-electron chi connectivity index (χ4n) is 3.60. The number of rotatable bonds is 3. The molecule has 0 N–H and O–H groups in total. The van der Waals surface area contributed by atoms with E-state index < -0.39 is 0 Å². The van der Waals surface area contributed by atoms with Gasteiger partial charge in [-0.2, -0.15) is 4.98 Å². The summed E-state index contributed by atoms with van der Waals surface area (Å²) in [5, 5.41) is 4.20.